The molecular weight excluding hydrogens is 338 g/mol. The zero-order chi connectivity index (χ0) is 18.5. The highest BCUT2D eigenvalue weighted by Gasteiger charge is 2.23. The SMILES string of the molecule is Oc1cccc(CC[C@H]2CCCCN2Cc2cc(-c3ccccn3)no2)c1. The van der Waals surface area contributed by atoms with E-state index in [1.165, 1.54) is 24.8 Å². The van der Waals surface area contributed by atoms with Crippen LogP contribution in [-0.4, -0.2) is 32.7 Å². The Morgan fingerprint density at radius 1 is 1.07 bits per heavy atom. The summed E-state index contributed by atoms with van der Waals surface area (Å²) in [5, 5.41) is 13.8. The van der Waals surface area contributed by atoms with Gasteiger partial charge in [-0.25, -0.2) is 0 Å². The first-order valence-corrected chi connectivity index (χ1v) is 9.67. The second-order valence-electron chi connectivity index (χ2n) is 7.22. The lowest BCUT2D eigenvalue weighted by Crippen LogP contribution is -2.39. The van der Waals surface area contributed by atoms with Crippen molar-refractivity contribution >= 4 is 0 Å². The van der Waals surface area contributed by atoms with Crippen LogP contribution < -0.4 is 0 Å². The second-order valence-corrected chi connectivity index (χ2v) is 7.22. The topological polar surface area (TPSA) is 62.4 Å². The molecule has 140 valence electrons. The van der Waals surface area contributed by atoms with Gasteiger partial charge in [-0.15, -0.1) is 0 Å². The van der Waals surface area contributed by atoms with E-state index in [9.17, 15) is 5.11 Å². The minimum atomic E-state index is 0.344. The summed E-state index contributed by atoms with van der Waals surface area (Å²) in [6.07, 6.45) is 7.54. The Morgan fingerprint density at radius 2 is 2.04 bits per heavy atom. The number of hydrogen-bond donors (Lipinski definition) is 1. The molecule has 1 aliphatic heterocycles. The normalized spacial score (nSPS) is 17.9. The van der Waals surface area contributed by atoms with Crippen LogP contribution in [0.3, 0.4) is 0 Å². The number of hydrogen-bond acceptors (Lipinski definition) is 5. The predicted molar refractivity (Wildman–Crippen MR) is 104 cm³/mol. The highest BCUT2D eigenvalue weighted by molar-refractivity contribution is 5.52. The van der Waals surface area contributed by atoms with E-state index in [2.05, 4.69) is 21.1 Å². The van der Waals surface area contributed by atoms with Crippen molar-refractivity contribution in [2.24, 2.45) is 0 Å². The van der Waals surface area contributed by atoms with Crippen molar-refractivity contribution in [2.45, 2.75) is 44.7 Å². The van der Waals surface area contributed by atoms with Crippen LogP contribution in [-0.2, 0) is 13.0 Å². The number of aromatic hydroxyl groups is 1. The van der Waals surface area contributed by atoms with E-state index in [-0.39, 0.29) is 0 Å². The van der Waals surface area contributed by atoms with E-state index >= 15 is 0 Å². The molecule has 2 aromatic heterocycles. The summed E-state index contributed by atoms with van der Waals surface area (Å²) in [4.78, 5) is 6.85. The van der Waals surface area contributed by atoms with Gasteiger partial charge in [0.25, 0.3) is 0 Å². The molecule has 5 nitrogen and oxygen atoms in total. The first-order chi connectivity index (χ1) is 13.3. The average molecular weight is 363 g/mol. The summed E-state index contributed by atoms with van der Waals surface area (Å²) in [7, 11) is 0. The molecule has 0 aliphatic carbocycles. The van der Waals surface area contributed by atoms with Gasteiger partial charge in [0.05, 0.1) is 12.2 Å². The highest BCUT2D eigenvalue weighted by Crippen LogP contribution is 2.25. The van der Waals surface area contributed by atoms with Crippen LogP contribution in [0.25, 0.3) is 11.4 Å². The van der Waals surface area contributed by atoms with Gasteiger partial charge in [-0.3, -0.25) is 9.88 Å². The summed E-state index contributed by atoms with van der Waals surface area (Å²) in [5.41, 5.74) is 2.82. The fraction of sp³-hybridized carbons (Fsp3) is 0.364. The Balaban J connectivity index is 1.40. The molecule has 0 spiro atoms. The van der Waals surface area contributed by atoms with Gasteiger partial charge in [-0.05, 0) is 62.1 Å². The molecule has 27 heavy (non-hydrogen) atoms. The lowest BCUT2D eigenvalue weighted by Gasteiger charge is -2.35. The predicted octanol–water partition coefficient (Wildman–Crippen LogP) is 4.43. The zero-order valence-corrected chi connectivity index (χ0v) is 15.4. The largest absolute Gasteiger partial charge is 0.508 e. The molecule has 1 N–H and O–H groups in total. The third-order valence-electron chi connectivity index (χ3n) is 5.27. The lowest BCUT2D eigenvalue weighted by molar-refractivity contribution is 0.119. The Bertz CT molecular complexity index is 863. The van der Waals surface area contributed by atoms with Crippen molar-refractivity contribution in [1.82, 2.24) is 15.0 Å². The number of pyridine rings is 1. The molecule has 0 unspecified atom stereocenters. The molecular formula is C22H25N3O2. The van der Waals surface area contributed by atoms with Crippen molar-refractivity contribution in [3.8, 4) is 17.1 Å². The first kappa shape index (κ1) is 17.7. The van der Waals surface area contributed by atoms with Crippen molar-refractivity contribution in [3.05, 3.63) is 66.1 Å². The molecule has 1 atom stereocenters. The molecule has 3 aromatic rings. The van der Waals surface area contributed by atoms with E-state index in [0.29, 0.717) is 11.8 Å². The van der Waals surface area contributed by atoms with Crippen LogP contribution in [0.15, 0.2) is 59.3 Å². The third-order valence-corrected chi connectivity index (χ3v) is 5.27. The molecule has 1 fully saturated rings. The van der Waals surface area contributed by atoms with Gasteiger partial charge in [0, 0.05) is 18.3 Å². The van der Waals surface area contributed by atoms with Crippen molar-refractivity contribution < 1.29 is 9.63 Å². The smallest absolute Gasteiger partial charge is 0.151 e. The van der Waals surface area contributed by atoms with Crippen molar-refractivity contribution in [1.29, 1.82) is 0 Å². The van der Waals surface area contributed by atoms with E-state index in [1.807, 2.05) is 36.4 Å². The van der Waals surface area contributed by atoms with Crippen LogP contribution in [0.1, 0.15) is 37.0 Å². The van der Waals surface area contributed by atoms with Crippen molar-refractivity contribution in [3.63, 3.8) is 0 Å². The fourth-order valence-corrected chi connectivity index (χ4v) is 3.86. The number of piperidine rings is 1. The Kier molecular flexibility index (Phi) is 5.49. The van der Waals surface area contributed by atoms with E-state index in [4.69, 9.17) is 4.52 Å². The van der Waals surface area contributed by atoms with Crippen LogP contribution in [0, 0.1) is 0 Å². The summed E-state index contributed by atoms with van der Waals surface area (Å²) < 4.78 is 5.58. The third kappa shape index (κ3) is 4.55. The number of aryl methyl sites for hydroxylation is 1. The Hall–Kier alpha value is -2.66. The highest BCUT2D eigenvalue weighted by atomic mass is 16.5. The second kappa shape index (κ2) is 8.35. The standard InChI is InChI=1S/C22H25N3O2/c26-19-8-5-6-17(14-19)10-11-18-7-2-4-13-25(18)16-20-15-22(24-27-20)21-9-1-3-12-23-21/h1,3,5-6,8-9,12,14-15,18,26H,2,4,7,10-11,13,16H2/t18-/m1/s1. The van der Waals surface area contributed by atoms with Gasteiger partial charge in [0.15, 0.2) is 5.76 Å². The summed E-state index contributed by atoms with van der Waals surface area (Å²) in [5.74, 6) is 1.23. The number of phenols is 1. The van der Waals surface area contributed by atoms with Gasteiger partial charge in [0.2, 0.25) is 0 Å². The number of nitrogens with zero attached hydrogens (tertiary/aromatic N) is 3. The van der Waals surface area contributed by atoms with Crippen molar-refractivity contribution in [2.75, 3.05) is 6.54 Å². The van der Waals surface area contributed by atoms with E-state index in [1.54, 1.807) is 12.3 Å². The molecule has 1 saturated heterocycles. The monoisotopic (exact) mass is 363 g/mol. The number of likely N-dealkylation sites (tertiary alicyclic amines) is 1. The van der Waals surface area contributed by atoms with Crippen LogP contribution in [0.5, 0.6) is 5.75 Å². The molecule has 4 rings (SSSR count). The number of rotatable bonds is 6. The van der Waals surface area contributed by atoms with Crippen LogP contribution in [0.2, 0.25) is 0 Å². The molecule has 3 heterocycles. The maximum atomic E-state index is 9.66. The van der Waals surface area contributed by atoms with Gasteiger partial charge < -0.3 is 9.63 Å². The maximum absolute atomic E-state index is 9.66. The van der Waals surface area contributed by atoms with E-state index in [0.717, 1.165) is 43.1 Å². The molecule has 0 amide bonds. The average Bonchev–Trinajstić information content (AvgIpc) is 3.17. The molecule has 0 bridgehead atoms. The van der Waals surface area contributed by atoms with Gasteiger partial charge >= 0.3 is 0 Å². The Morgan fingerprint density at radius 3 is 2.89 bits per heavy atom. The van der Waals surface area contributed by atoms with Gasteiger partial charge in [0.1, 0.15) is 11.4 Å². The minimum absolute atomic E-state index is 0.344. The molecule has 1 aliphatic rings. The number of benzene rings is 1. The first-order valence-electron chi connectivity index (χ1n) is 9.67. The van der Waals surface area contributed by atoms with Gasteiger partial charge in [-0.1, -0.05) is 29.8 Å². The quantitative estimate of drug-likeness (QED) is 0.702. The molecule has 1 aromatic carbocycles. The summed E-state index contributed by atoms with van der Waals surface area (Å²) in [6.45, 7) is 1.87. The van der Waals surface area contributed by atoms with Gasteiger partial charge in [-0.2, -0.15) is 0 Å². The molecule has 0 radical (unpaired) electrons. The minimum Gasteiger partial charge on any atom is -0.508 e. The van der Waals surface area contributed by atoms with Crippen LogP contribution >= 0.6 is 0 Å². The Labute approximate surface area is 159 Å². The summed E-state index contributed by atoms with van der Waals surface area (Å²) in [6, 6.07) is 15.9. The molecule has 5 heteroatoms. The number of phenolic OH excluding ortho intramolecular Hbond substituents is 1. The zero-order valence-electron chi connectivity index (χ0n) is 15.4. The number of aromatic nitrogens is 2. The van der Waals surface area contributed by atoms with Crippen LogP contribution in [0.4, 0.5) is 0 Å². The fourth-order valence-electron chi connectivity index (χ4n) is 3.86. The summed E-state index contributed by atoms with van der Waals surface area (Å²) >= 11 is 0. The lowest BCUT2D eigenvalue weighted by atomic mass is 9.95. The maximum Gasteiger partial charge on any atom is 0.151 e. The van der Waals surface area contributed by atoms with E-state index < -0.39 is 0 Å². The molecule has 0 saturated carbocycles.